The minimum absolute atomic E-state index is 0.107. The predicted molar refractivity (Wildman–Crippen MR) is 59.3 cm³/mol. The van der Waals surface area contributed by atoms with Crippen molar-refractivity contribution in [1.82, 2.24) is 0 Å². The number of hydrogen-bond acceptors (Lipinski definition) is 2. The van der Waals surface area contributed by atoms with Gasteiger partial charge in [-0.25, -0.2) is 0 Å². The zero-order chi connectivity index (χ0) is 10.6. The van der Waals surface area contributed by atoms with E-state index in [1.807, 2.05) is 12.1 Å². The zero-order valence-electron chi connectivity index (χ0n) is 8.96. The summed E-state index contributed by atoms with van der Waals surface area (Å²) in [6.45, 7) is 4.21. The topological polar surface area (TPSA) is 46.2 Å². The minimum atomic E-state index is 0.107. The molecule has 1 atom stereocenters. The Morgan fingerprint density at radius 3 is 2.64 bits per heavy atom. The van der Waals surface area contributed by atoms with Gasteiger partial charge in [-0.1, -0.05) is 26.3 Å². The van der Waals surface area contributed by atoms with Gasteiger partial charge in [-0.15, -0.1) is 0 Å². The molecule has 0 amide bonds. The van der Waals surface area contributed by atoms with Crippen LogP contribution in [0, 0.1) is 0 Å². The fourth-order valence-corrected chi connectivity index (χ4v) is 1.73. The number of nitrogens with two attached hydrogens (primary N) is 1. The van der Waals surface area contributed by atoms with Crippen LogP contribution >= 0.6 is 0 Å². The summed E-state index contributed by atoms with van der Waals surface area (Å²) in [4.78, 5) is 0. The van der Waals surface area contributed by atoms with Crippen LogP contribution in [0.3, 0.4) is 0 Å². The van der Waals surface area contributed by atoms with Gasteiger partial charge in [0.1, 0.15) is 5.75 Å². The van der Waals surface area contributed by atoms with Crippen molar-refractivity contribution in [2.45, 2.75) is 39.2 Å². The number of hydrogen-bond donors (Lipinski definition) is 2. The van der Waals surface area contributed by atoms with Crippen LogP contribution in [0.25, 0.3) is 0 Å². The molecule has 14 heavy (non-hydrogen) atoms. The summed E-state index contributed by atoms with van der Waals surface area (Å²) < 4.78 is 0. The molecule has 0 fully saturated rings. The standard InChI is InChI=1S/C12H19NO/c1-3-5-12(13)11-7-6-10(14)8-9(11)4-2/h6-8,12,14H,3-5,13H2,1-2H3. The molecule has 0 radical (unpaired) electrons. The van der Waals surface area contributed by atoms with E-state index in [0.29, 0.717) is 5.75 Å². The van der Waals surface area contributed by atoms with Crippen LogP contribution in [0.4, 0.5) is 0 Å². The Hall–Kier alpha value is -1.02. The third-order valence-corrected chi connectivity index (χ3v) is 2.51. The normalized spacial score (nSPS) is 12.8. The maximum atomic E-state index is 9.34. The molecule has 0 spiro atoms. The molecule has 0 bridgehead atoms. The summed E-state index contributed by atoms with van der Waals surface area (Å²) in [6, 6.07) is 5.57. The number of aryl methyl sites for hydroxylation is 1. The second-order valence-corrected chi connectivity index (χ2v) is 3.63. The summed E-state index contributed by atoms with van der Waals surface area (Å²) in [5.74, 6) is 0.328. The first-order valence-corrected chi connectivity index (χ1v) is 5.26. The van der Waals surface area contributed by atoms with Crippen molar-refractivity contribution in [2.75, 3.05) is 0 Å². The smallest absolute Gasteiger partial charge is 0.115 e. The number of rotatable bonds is 4. The monoisotopic (exact) mass is 193 g/mol. The maximum Gasteiger partial charge on any atom is 0.115 e. The SMILES string of the molecule is CCCC(N)c1ccc(O)cc1CC. The highest BCUT2D eigenvalue weighted by Gasteiger charge is 2.09. The van der Waals surface area contributed by atoms with Gasteiger partial charge >= 0.3 is 0 Å². The lowest BCUT2D eigenvalue weighted by molar-refractivity contribution is 0.473. The van der Waals surface area contributed by atoms with Crippen LogP contribution in [0.15, 0.2) is 18.2 Å². The molecule has 2 heteroatoms. The van der Waals surface area contributed by atoms with Crippen molar-refractivity contribution in [3.8, 4) is 5.75 Å². The van der Waals surface area contributed by atoms with Gasteiger partial charge in [0.2, 0.25) is 0 Å². The van der Waals surface area contributed by atoms with Crippen LogP contribution < -0.4 is 5.73 Å². The van der Waals surface area contributed by atoms with Crippen LogP contribution in [-0.4, -0.2) is 5.11 Å². The van der Waals surface area contributed by atoms with Crippen molar-refractivity contribution >= 4 is 0 Å². The number of aromatic hydroxyl groups is 1. The summed E-state index contributed by atoms with van der Waals surface area (Å²) in [5.41, 5.74) is 8.38. The number of phenolic OH excluding ortho intramolecular Hbond substituents is 1. The molecular weight excluding hydrogens is 174 g/mol. The molecule has 3 N–H and O–H groups in total. The fourth-order valence-electron chi connectivity index (χ4n) is 1.73. The highest BCUT2D eigenvalue weighted by atomic mass is 16.3. The van der Waals surface area contributed by atoms with Gasteiger partial charge in [0.05, 0.1) is 0 Å². The highest BCUT2D eigenvalue weighted by Crippen LogP contribution is 2.24. The average Bonchev–Trinajstić information content (AvgIpc) is 2.17. The van der Waals surface area contributed by atoms with Gasteiger partial charge in [0, 0.05) is 6.04 Å². The quantitative estimate of drug-likeness (QED) is 0.772. The van der Waals surface area contributed by atoms with E-state index >= 15 is 0 Å². The average molecular weight is 193 g/mol. The third-order valence-electron chi connectivity index (χ3n) is 2.51. The molecular formula is C12H19NO. The van der Waals surface area contributed by atoms with Gasteiger partial charge in [-0.2, -0.15) is 0 Å². The molecule has 0 aliphatic carbocycles. The molecule has 0 aromatic heterocycles. The minimum Gasteiger partial charge on any atom is -0.508 e. The maximum absolute atomic E-state index is 9.34. The molecule has 78 valence electrons. The lowest BCUT2D eigenvalue weighted by atomic mass is 9.96. The van der Waals surface area contributed by atoms with Crippen molar-refractivity contribution in [3.63, 3.8) is 0 Å². The van der Waals surface area contributed by atoms with E-state index in [0.717, 1.165) is 24.8 Å². The van der Waals surface area contributed by atoms with Gasteiger partial charge in [0.15, 0.2) is 0 Å². The van der Waals surface area contributed by atoms with Crippen LogP contribution in [0.5, 0.6) is 5.75 Å². The first-order valence-electron chi connectivity index (χ1n) is 5.26. The first kappa shape index (κ1) is 11.1. The third kappa shape index (κ3) is 2.48. The molecule has 0 heterocycles. The van der Waals surface area contributed by atoms with Gasteiger partial charge in [0.25, 0.3) is 0 Å². The Kier molecular flexibility index (Phi) is 3.96. The molecule has 2 nitrogen and oxygen atoms in total. The molecule has 0 saturated carbocycles. The Bertz CT molecular complexity index is 296. The van der Waals surface area contributed by atoms with Gasteiger partial charge in [-0.3, -0.25) is 0 Å². The predicted octanol–water partition coefficient (Wildman–Crippen LogP) is 2.75. The fraction of sp³-hybridized carbons (Fsp3) is 0.500. The van der Waals surface area contributed by atoms with Crippen molar-refractivity contribution in [1.29, 1.82) is 0 Å². The van der Waals surface area contributed by atoms with Crippen LogP contribution in [0.1, 0.15) is 43.9 Å². The molecule has 1 aromatic carbocycles. The van der Waals surface area contributed by atoms with Gasteiger partial charge in [-0.05, 0) is 36.1 Å². The van der Waals surface area contributed by atoms with E-state index in [4.69, 9.17) is 5.73 Å². The second-order valence-electron chi connectivity index (χ2n) is 3.63. The van der Waals surface area contributed by atoms with Gasteiger partial charge < -0.3 is 10.8 Å². The summed E-state index contributed by atoms with van der Waals surface area (Å²) in [6.07, 6.45) is 3.00. The highest BCUT2D eigenvalue weighted by molar-refractivity contribution is 5.36. The van der Waals surface area contributed by atoms with E-state index < -0.39 is 0 Å². The zero-order valence-corrected chi connectivity index (χ0v) is 8.96. The van der Waals surface area contributed by atoms with Crippen LogP contribution in [-0.2, 0) is 6.42 Å². The molecule has 0 saturated heterocycles. The Morgan fingerprint density at radius 2 is 2.07 bits per heavy atom. The first-order chi connectivity index (χ1) is 6.69. The summed E-state index contributed by atoms with van der Waals surface area (Å²) >= 11 is 0. The van der Waals surface area contributed by atoms with E-state index in [2.05, 4.69) is 13.8 Å². The van der Waals surface area contributed by atoms with Crippen molar-refractivity contribution in [2.24, 2.45) is 5.73 Å². The lowest BCUT2D eigenvalue weighted by Gasteiger charge is -2.15. The number of benzene rings is 1. The lowest BCUT2D eigenvalue weighted by Crippen LogP contribution is -2.11. The summed E-state index contributed by atoms with van der Waals surface area (Å²) in [7, 11) is 0. The Labute approximate surface area is 85.8 Å². The van der Waals surface area contributed by atoms with E-state index in [9.17, 15) is 5.11 Å². The van der Waals surface area contributed by atoms with Crippen molar-refractivity contribution < 1.29 is 5.11 Å². The Balaban J connectivity index is 2.95. The second kappa shape index (κ2) is 5.01. The van der Waals surface area contributed by atoms with Crippen LogP contribution in [0.2, 0.25) is 0 Å². The molecule has 0 aliphatic rings. The largest absolute Gasteiger partial charge is 0.508 e. The van der Waals surface area contributed by atoms with E-state index in [1.165, 1.54) is 5.56 Å². The Morgan fingerprint density at radius 1 is 1.36 bits per heavy atom. The summed E-state index contributed by atoms with van der Waals surface area (Å²) in [5, 5.41) is 9.34. The van der Waals surface area contributed by atoms with Crippen molar-refractivity contribution in [3.05, 3.63) is 29.3 Å². The molecule has 1 rings (SSSR count). The molecule has 1 aromatic rings. The van der Waals surface area contributed by atoms with E-state index in [-0.39, 0.29) is 6.04 Å². The van der Waals surface area contributed by atoms with E-state index in [1.54, 1.807) is 6.07 Å². The molecule has 0 aliphatic heterocycles. The molecule has 1 unspecified atom stereocenters. The number of phenols is 1.